The van der Waals surface area contributed by atoms with Gasteiger partial charge in [0, 0.05) is 24.2 Å². The van der Waals surface area contributed by atoms with Crippen LogP contribution in [-0.2, 0) is 4.79 Å². The maximum Gasteiger partial charge on any atom is 0.187 e. The second-order valence-corrected chi connectivity index (χ2v) is 5.80. The van der Waals surface area contributed by atoms with Crippen molar-refractivity contribution in [2.45, 2.75) is 0 Å². The van der Waals surface area contributed by atoms with Crippen molar-refractivity contribution >= 4 is 17.9 Å². The van der Waals surface area contributed by atoms with E-state index in [-0.39, 0.29) is 11.6 Å². The maximum absolute atomic E-state index is 13.0. The van der Waals surface area contributed by atoms with Crippen molar-refractivity contribution < 1.29 is 9.18 Å². The van der Waals surface area contributed by atoms with E-state index in [0.717, 1.165) is 22.3 Å². The summed E-state index contributed by atoms with van der Waals surface area (Å²) in [5, 5.41) is 0. The van der Waals surface area contributed by atoms with Crippen LogP contribution >= 0.6 is 0 Å². The number of nitrogens with zero attached hydrogens (tertiary/aromatic N) is 1. The minimum Gasteiger partial charge on any atom is -0.298 e. The van der Waals surface area contributed by atoms with Crippen molar-refractivity contribution in [2.24, 2.45) is 0 Å². The second kappa shape index (κ2) is 6.71. The van der Waals surface area contributed by atoms with Gasteiger partial charge in [-0.05, 0) is 42.5 Å². The Morgan fingerprint density at radius 1 is 0.870 bits per heavy atom. The summed E-state index contributed by atoms with van der Waals surface area (Å²) < 4.78 is 13.0. The first-order valence-electron chi connectivity index (χ1n) is 7.57. The lowest BCUT2D eigenvalue weighted by Crippen LogP contribution is -2.34. The van der Waals surface area contributed by atoms with Crippen LogP contribution in [0.2, 0.25) is 0 Å². The normalized spacial score (nSPS) is 19.5. The van der Waals surface area contributed by atoms with Crippen LogP contribution < -0.4 is 0 Å². The fraction of sp³-hybridized carbons (Fsp3) is 0.150. The number of hydrogen-bond acceptors (Lipinski definition) is 2. The van der Waals surface area contributed by atoms with E-state index in [1.807, 2.05) is 49.5 Å². The van der Waals surface area contributed by atoms with Crippen LogP contribution in [0.15, 0.2) is 65.7 Å². The lowest BCUT2D eigenvalue weighted by molar-refractivity contribution is -0.113. The zero-order valence-corrected chi connectivity index (χ0v) is 13.0. The number of Topliss-reactive ketones (excluding diaryl/α,β-unsaturated/α-hetero) is 1. The van der Waals surface area contributed by atoms with Crippen LogP contribution in [0.1, 0.15) is 11.1 Å². The summed E-state index contributed by atoms with van der Waals surface area (Å²) in [6.07, 6.45) is 3.78. The Balaban J connectivity index is 1.91. The number of carbonyl (C=O) groups is 1. The van der Waals surface area contributed by atoms with Crippen LogP contribution in [0.4, 0.5) is 4.39 Å². The van der Waals surface area contributed by atoms with Gasteiger partial charge in [0.1, 0.15) is 5.82 Å². The van der Waals surface area contributed by atoms with E-state index < -0.39 is 0 Å². The van der Waals surface area contributed by atoms with Crippen LogP contribution in [0, 0.1) is 5.82 Å². The van der Waals surface area contributed by atoms with Gasteiger partial charge in [0.15, 0.2) is 5.78 Å². The Labute approximate surface area is 135 Å². The van der Waals surface area contributed by atoms with Crippen molar-refractivity contribution in [3.8, 4) is 0 Å². The Kier molecular flexibility index (Phi) is 4.49. The Morgan fingerprint density at radius 2 is 1.39 bits per heavy atom. The topological polar surface area (TPSA) is 20.3 Å². The smallest absolute Gasteiger partial charge is 0.187 e. The van der Waals surface area contributed by atoms with Crippen molar-refractivity contribution in [3.63, 3.8) is 0 Å². The average Bonchev–Trinajstić information content (AvgIpc) is 2.55. The molecule has 2 aromatic carbocycles. The van der Waals surface area contributed by atoms with Gasteiger partial charge in [-0.2, -0.15) is 0 Å². The van der Waals surface area contributed by atoms with Crippen LogP contribution in [0.25, 0.3) is 12.2 Å². The molecule has 0 saturated carbocycles. The largest absolute Gasteiger partial charge is 0.298 e. The number of piperidine rings is 1. The summed E-state index contributed by atoms with van der Waals surface area (Å²) in [7, 11) is 1.99. The standard InChI is InChI=1S/C20H18FNO/c1-22-13-17(11-15-5-3-2-4-6-15)20(23)18(14-22)12-16-7-9-19(21)10-8-16/h2-12H,13-14H2,1H3/b17-11+,18-12+. The number of likely N-dealkylation sites (N-methyl/N-ethyl adjacent to an activating group) is 1. The molecule has 0 aromatic heterocycles. The van der Waals surface area contributed by atoms with E-state index in [0.29, 0.717) is 13.1 Å². The predicted molar refractivity (Wildman–Crippen MR) is 91.3 cm³/mol. The molecule has 1 saturated heterocycles. The number of halogens is 1. The molecule has 0 N–H and O–H groups in total. The summed E-state index contributed by atoms with van der Waals surface area (Å²) in [6.45, 7) is 1.23. The minimum atomic E-state index is -0.274. The first-order valence-corrected chi connectivity index (χ1v) is 7.57. The first kappa shape index (κ1) is 15.4. The molecule has 0 radical (unpaired) electrons. The van der Waals surface area contributed by atoms with Crippen LogP contribution in [-0.4, -0.2) is 30.8 Å². The molecule has 0 spiro atoms. The predicted octanol–water partition coefficient (Wildman–Crippen LogP) is 3.81. The lowest BCUT2D eigenvalue weighted by atomic mass is 9.94. The van der Waals surface area contributed by atoms with Gasteiger partial charge < -0.3 is 0 Å². The third kappa shape index (κ3) is 3.82. The number of likely N-dealkylation sites (tertiary alicyclic amines) is 1. The molecular formula is C20H18FNO. The molecule has 0 aliphatic carbocycles. The SMILES string of the molecule is CN1C/C(=C\c2ccccc2)C(=O)/C(=C/c2ccc(F)cc2)C1. The highest BCUT2D eigenvalue weighted by molar-refractivity contribution is 6.14. The molecule has 3 rings (SSSR count). The van der Waals surface area contributed by atoms with Gasteiger partial charge in [0.05, 0.1) is 0 Å². The molecule has 3 heteroatoms. The third-order valence-electron chi connectivity index (χ3n) is 3.82. The van der Waals surface area contributed by atoms with Crippen molar-refractivity contribution in [1.82, 2.24) is 4.90 Å². The quantitative estimate of drug-likeness (QED) is 0.786. The van der Waals surface area contributed by atoms with Gasteiger partial charge in [-0.3, -0.25) is 9.69 Å². The highest BCUT2D eigenvalue weighted by Crippen LogP contribution is 2.21. The van der Waals surface area contributed by atoms with Gasteiger partial charge in [0.25, 0.3) is 0 Å². The van der Waals surface area contributed by atoms with Gasteiger partial charge in [-0.1, -0.05) is 42.5 Å². The van der Waals surface area contributed by atoms with Gasteiger partial charge in [-0.25, -0.2) is 4.39 Å². The third-order valence-corrected chi connectivity index (χ3v) is 3.82. The number of hydrogen-bond donors (Lipinski definition) is 0. The molecule has 0 bridgehead atoms. The molecule has 1 aliphatic heterocycles. The molecule has 1 heterocycles. The Bertz CT molecular complexity index is 760. The highest BCUT2D eigenvalue weighted by Gasteiger charge is 2.23. The van der Waals surface area contributed by atoms with E-state index >= 15 is 0 Å². The summed E-state index contributed by atoms with van der Waals surface area (Å²) in [4.78, 5) is 14.8. The lowest BCUT2D eigenvalue weighted by Gasteiger charge is -2.26. The Morgan fingerprint density at radius 3 is 1.96 bits per heavy atom. The fourth-order valence-corrected chi connectivity index (χ4v) is 2.72. The highest BCUT2D eigenvalue weighted by atomic mass is 19.1. The summed E-state index contributed by atoms with van der Waals surface area (Å²) >= 11 is 0. The average molecular weight is 307 g/mol. The Hall–Kier alpha value is -2.52. The number of carbonyl (C=O) groups excluding carboxylic acids is 1. The van der Waals surface area contributed by atoms with E-state index in [2.05, 4.69) is 4.90 Å². The summed E-state index contributed by atoms with van der Waals surface area (Å²) in [5.41, 5.74) is 3.36. The molecular weight excluding hydrogens is 289 g/mol. The van der Waals surface area contributed by atoms with E-state index in [4.69, 9.17) is 0 Å². The van der Waals surface area contributed by atoms with Gasteiger partial charge >= 0.3 is 0 Å². The van der Waals surface area contributed by atoms with Crippen molar-refractivity contribution in [3.05, 3.63) is 82.7 Å². The molecule has 116 valence electrons. The monoisotopic (exact) mass is 307 g/mol. The zero-order valence-electron chi connectivity index (χ0n) is 13.0. The van der Waals surface area contributed by atoms with E-state index in [1.54, 1.807) is 12.1 Å². The van der Waals surface area contributed by atoms with Gasteiger partial charge in [0.2, 0.25) is 0 Å². The fourth-order valence-electron chi connectivity index (χ4n) is 2.72. The molecule has 1 aliphatic rings. The summed E-state index contributed by atoms with van der Waals surface area (Å²) in [5.74, 6) is -0.208. The minimum absolute atomic E-state index is 0.0660. The van der Waals surface area contributed by atoms with Crippen LogP contribution in [0.3, 0.4) is 0 Å². The number of benzene rings is 2. The second-order valence-electron chi connectivity index (χ2n) is 5.80. The molecule has 2 nitrogen and oxygen atoms in total. The van der Waals surface area contributed by atoms with Gasteiger partial charge in [-0.15, -0.1) is 0 Å². The van der Waals surface area contributed by atoms with E-state index in [9.17, 15) is 9.18 Å². The molecule has 2 aromatic rings. The molecule has 0 amide bonds. The summed E-state index contributed by atoms with van der Waals surface area (Å²) in [6, 6.07) is 16.0. The maximum atomic E-state index is 13.0. The molecule has 23 heavy (non-hydrogen) atoms. The van der Waals surface area contributed by atoms with Crippen molar-refractivity contribution in [1.29, 1.82) is 0 Å². The number of ketones is 1. The molecule has 1 fully saturated rings. The zero-order chi connectivity index (χ0) is 16.2. The van der Waals surface area contributed by atoms with Crippen LogP contribution in [0.5, 0.6) is 0 Å². The van der Waals surface area contributed by atoms with Crippen molar-refractivity contribution in [2.75, 3.05) is 20.1 Å². The molecule has 0 unspecified atom stereocenters. The number of rotatable bonds is 2. The van der Waals surface area contributed by atoms with E-state index in [1.165, 1.54) is 12.1 Å². The molecule has 0 atom stereocenters. The first-order chi connectivity index (χ1) is 11.1.